The van der Waals surface area contributed by atoms with E-state index in [2.05, 4.69) is 13.8 Å². The fourth-order valence-corrected chi connectivity index (χ4v) is 3.74. The van der Waals surface area contributed by atoms with E-state index >= 15 is 0 Å². The van der Waals surface area contributed by atoms with E-state index in [0.717, 1.165) is 27.9 Å². The molecular formula is C23H23FN2O3. The average molecular weight is 394 g/mol. The summed E-state index contributed by atoms with van der Waals surface area (Å²) in [6, 6.07) is 10.3. The second-order valence-corrected chi connectivity index (χ2v) is 7.65. The number of carbonyl (C=O) groups is 1. The predicted molar refractivity (Wildman–Crippen MR) is 109 cm³/mol. The highest BCUT2D eigenvalue weighted by molar-refractivity contribution is 5.88. The molecule has 0 spiro atoms. The Bertz CT molecular complexity index is 1070. The van der Waals surface area contributed by atoms with Crippen molar-refractivity contribution in [2.45, 2.75) is 44.8 Å². The lowest BCUT2D eigenvalue weighted by Gasteiger charge is -2.24. The van der Waals surface area contributed by atoms with E-state index in [9.17, 15) is 14.3 Å². The SMILES string of the molecule is CC(C)c1nn2cccc2c(-c2ccc(F)cc2)c1/C=C/C1CC(O)CC(=O)O1. The Hall–Kier alpha value is -2.99. The van der Waals surface area contributed by atoms with Crippen LogP contribution in [0.1, 0.15) is 43.9 Å². The first-order chi connectivity index (χ1) is 13.9. The molecule has 1 aliphatic heterocycles. The molecule has 1 saturated heterocycles. The highest BCUT2D eigenvalue weighted by Gasteiger charge is 2.26. The maximum Gasteiger partial charge on any atom is 0.309 e. The van der Waals surface area contributed by atoms with Gasteiger partial charge in [0.05, 0.1) is 23.7 Å². The quantitative estimate of drug-likeness (QED) is 0.669. The number of cyclic esters (lactones) is 1. The Labute approximate surface area is 168 Å². The minimum absolute atomic E-state index is 0.0279. The smallest absolute Gasteiger partial charge is 0.309 e. The third-order valence-corrected chi connectivity index (χ3v) is 5.09. The molecular weight excluding hydrogens is 371 g/mol. The molecule has 29 heavy (non-hydrogen) atoms. The minimum atomic E-state index is -0.696. The van der Waals surface area contributed by atoms with Gasteiger partial charge in [-0.15, -0.1) is 0 Å². The van der Waals surface area contributed by atoms with Gasteiger partial charge in [-0.1, -0.05) is 32.1 Å². The molecule has 0 bridgehead atoms. The van der Waals surface area contributed by atoms with Crippen LogP contribution in [0.3, 0.4) is 0 Å². The van der Waals surface area contributed by atoms with E-state index in [1.165, 1.54) is 12.1 Å². The van der Waals surface area contributed by atoms with Gasteiger partial charge in [-0.25, -0.2) is 8.91 Å². The molecule has 0 radical (unpaired) electrons. The lowest BCUT2D eigenvalue weighted by Crippen LogP contribution is -2.31. The van der Waals surface area contributed by atoms with Crippen molar-refractivity contribution in [3.8, 4) is 11.1 Å². The van der Waals surface area contributed by atoms with Gasteiger partial charge in [-0.2, -0.15) is 5.10 Å². The first kappa shape index (κ1) is 19.3. The average Bonchev–Trinajstić information content (AvgIpc) is 3.13. The molecule has 3 heterocycles. The molecule has 1 N–H and O–H groups in total. The third kappa shape index (κ3) is 3.93. The van der Waals surface area contributed by atoms with Crippen molar-refractivity contribution in [3.63, 3.8) is 0 Å². The van der Waals surface area contributed by atoms with E-state index in [4.69, 9.17) is 9.84 Å². The number of benzene rings is 1. The highest BCUT2D eigenvalue weighted by Crippen LogP contribution is 2.34. The number of ether oxygens (including phenoxy) is 1. The molecule has 150 valence electrons. The van der Waals surface area contributed by atoms with Crippen LogP contribution in [0.15, 0.2) is 48.7 Å². The van der Waals surface area contributed by atoms with E-state index in [0.29, 0.717) is 6.42 Å². The highest BCUT2D eigenvalue weighted by atomic mass is 19.1. The monoisotopic (exact) mass is 394 g/mol. The number of hydrogen-bond donors (Lipinski definition) is 1. The van der Waals surface area contributed by atoms with Gasteiger partial charge in [-0.05, 0) is 41.8 Å². The van der Waals surface area contributed by atoms with Gasteiger partial charge in [0.15, 0.2) is 0 Å². The summed E-state index contributed by atoms with van der Waals surface area (Å²) >= 11 is 0. The van der Waals surface area contributed by atoms with Crippen molar-refractivity contribution >= 4 is 17.6 Å². The number of aliphatic hydroxyl groups excluding tert-OH is 1. The molecule has 5 nitrogen and oxygen atoms in total. The Balaban J connectivity index is 1.87. The second-order valence-electron chi connectivity index (χ2n) is 7.65. The third-order valence-electron chi connectivity index (χ3n) is 5.09. The van der Waals surface area contributed by atoms with Crippen LogP contribution in [0, 0.1) is 5.82 Å². The summed E-state index contributed by atoms with van der Waals surface area (Å²) in [5.41, 5.74) is 4.49. The molecule has 0 saturated carbocycles. The standard InChI is InChI=1S/C23H23FN2O3/c1-14(2)23-19(10-9-18-12-17(27)13-21(28)29-18)22(15-5-7-16(24)8-6-15)20-4-3-11-26(20)25-23/h3-11,14,17-18,27H,12-13H2,1-2H3/b10-9+. The lowest BCUT2D eigenvalue weighted by atomic mass is 9.93. The summed E-state index contributed by atoms with van der Waals surface area (Å²) in [6.07, 6.45) is 4.81. The van der Waals surface area contributed by atoms with Crippen molar-refractivity contribution in [2.24, 2.45) is 0 Å². The molecule has 1 aromatic carbocycles. The van der Waals surface area contributed by atoms with Crippen LogP contribution in [0.2, 0.25) is 0 Å². The molecule has 2 unspecified atom stereocenters. The molecule has 6 heteroatoms. The van der Waals surface area contributed by atoms with Crippen molar-refractivity contribution in [1.82, 2.24) is 9.61 Å². The number of halogens is 1. The fourth-order valence-electron chi connectivity index (χ4n) is 3.74. The van der Waals surface area contributed by atoms with Crippen molar-refractivity contribution in [2.75, 3.05) is 0 Å². The molecule has 1 fully saturated rings. The normalized spacial score (nSPS) is 20.0. The van der Waals surface area contributed by atoms with E-state index in [1.54, 1.807) is 18.2 Å². The topological polar surface area (TPSA) is 63.8 Å². The minimum Gasteiger partial charge on any atom is -0.458 e. The van der Waals surface area contributed by atoms with Crippen LogP contribution in [0.4, 0.5) is 4.39 Å². The van der Waals surface area contributed by atoms with Gasteiger partial charge in [0.1, 0.15) is 11.9 Å². The van der Waals surface area contributed by atoms with Gasteiger partial charge < -0.3 is 9.84 Å². The van der Waals surface area contributed by atoms with Gasteiger partial charge in [0, 0.05) is 23.7 Å². The molecule has 2 atom stereocenters. The van der Waals surface area contributed by atoms with Crippen molar-refractivity contribution in [3.05, 3.63) is 65.7 Å². The van der Waals surface area contributed by atoms with Crippen LogP contribution in [-0.2, 0) is 9.53 Å². The van der Waals surface area contributed by atoms with Crippen LogP contribution in [0.5, 0.6) is 0 Å². The fraction of sp³-hybridized carbons (Fsp3) is 0.304. The number of aromatic nitrogens is 2. The zero-order valence-electron chi connectivity index (χ0n) is 16.4. The molecule has 0 aliphatic carbocycles. The van der Waals surface area contributed by atoms with Gasteiger partial charge >= 0.3 is 5.97 Å². The Morgan fingerprint density at radius 3 is 2.72 bits per heavy atom. The molecule has 1 aliphatic rings. The number of aliphatic hydroxyl groups is 1. The number of esters is 1. The number of nitrogens with zero attached hydrogens (tertiary/aromatic N) is 2. The number of carbonyl (C=O) groups excluding carboxylic acids is 1. The maximum atomic E-state index is 13.5. The van der Waals surface area contributed by atoms with E-state index in [1.807, 2.05) is 28.9 Å². The van der Waals surface area contributed by atoms with E-state index in [-0.39, 0.29) is 18.2 Å². The van der Waals surface area contributed by atoms with Crippen LogP contribution in [-0.4, -0.2) is 32.9 Å². The Kier molecular flexibility index (Phi) is 5.20. The summed E-state index contributed by atoms with van der Waals surface area (Å²) < 4.78 is 20.7. The zero-order chi connectivity index (χ0) is 20.5. The van der Waals surface area contributed by atoms with Crippen LogP contribution >= 0.6 is 0 Å². The first-order valence-electron chi connectivity index (χ1n) is 9.75. The summed E-state index contributed by atoms with van der Waals surface area (Å²) in [6.45, 7) is 4.13. The summed E-state index contributed by atoms with van der Waals surface area (Å²) in [4.78, 5) is 11.7. The summed E-state index contributed by atoms with van der Waals surface area (Å²) in [5, 5.41) is 14.6. The number of rotatable bonds is 4. The zero-order valence-corrected chi connectivity index (χ0v) is 16.4. The molecule has 4 rings (SSSR count). The van der Waals surface area contributed by atoms with Crippen LogP contribution in [0.25, 0.3) is 22.7 Å². The first-order valence-corrected chi connectivity index (χ1v) is 9.75. The Morgan fingerprint density at radius 1 is 1.28 bits per heavy atom. The van der Waals surface area contributed by atoms with Gasteiger partial charge in [0.25, 0.3) is 0 Å². The molecule has 0 amide bonds. The Morgan fingerprint density at radius 2 is 2.03 bits per heavy atom. The summed E-state index contributed by atoms with van der Waals surface area (Å²) in [7, 11) is 0. The van der Waals surface area contributed by atoms with Crippen LogP contribution < -0.4 is 0 Å². The van der Waals surface area contributed by atoms with Crippen molar-refractivity contribution < 1.29 is 19.0 Å². The maximum absolute atomic E-state index is 13.5. The lowest BCUT2D eigenvalue weighted by molar-refractivity contribution is -0.156. The number of hydrogen-bond acceptors (Lipinski definition) is 4. The van der Waals surface area contributed by atoms with Gasteiger partial charge in [0.2, 0.25) is 0 Å². The van der Waals surface area contributed by atoms with Crippen molar-refractivity contribution in [1.29, 1.82) is 0 Å². The predicted octanol–water partition coefficient (Wildman–Crippen LogP) is 4.34. The number of fused-ring (bicyclic) bond motifs is 1. The van der Waals surface area contributed by atoms with E-state index < -0.39 is 18.2 Å². The van der Waals surface area contributed by atoms with Gasteiger partial charge in [-0.3, -0.25) is 4.79 Å². The summed E-state index contributed by atoms with van der Waals surface area (Å²) in [5.74, 6) is -0.556. The molecule has 2 aromatic heterocycles. The molecule has 3 aromatic rings. The largest absolute Gasteiger partial charge is 0.458 e. The second kappa shape index (κ2) is 7.79.